The summed E-state index contributed by atoms with van der Waals surface area (Å²) in [4.78, 5) is 7.59. The lowest BCUT2D eigenvalue weighted by Crippen LogP contribution is -2.17. The summed E-state index contributed by atoms with van der Waals surface area (Å²) in [5.74, 6) is 1.33. The molecule has 0 aliphatic carbocycles. The molecule has 1 aromatic carbocycles. The second-order valence-electron chi connectivity index (χ2n) is 4.82. The van der Waals surface area contributed by atoms with Crippen LogP contribution in [0.1, 0.15) is 25.4 Å². The second kappa shape index (κ2) is 4.46. The number of imidazole rings is 1. The smallest absolute Gasteiger partial charge is 0.138 e. The number of aryl methyl sites for hydroxylation is 1. The lowest BCUT2D eigenvalue weighted by Gasteiger charge is -2.12. The summed E-state index contributed by atoms with van der Waals surface area (Å²) in [5, 5.41) is 9.98. The van der Waals surface area contributed by atoms with Crippen LogP contribution in [0.15, 0.2) is 24.3 Å². The highest BCUT2D eigenvalue weighted by atomic mass is 16.5. The molecule has 4 heteroatoms. The number of nitrogens with zero attached hydrogens (tertiary/aromatic N) is 1. The number of H-pyrrole nitrogens is 1. The number of methoxy groups -OCH3 is 1. The van der Waals surface area contributed by atoms with Crippen LogP contribution in [0, 0.1) is 6.92 Å². The number of para-hydroxylation sites is 1. The molecule has 0 atom stereocenters. The minimum absolute atomic E-state index is 0.556. The van der Waals surface area contributed by atoms with Crippen LogP contribution in [0.4, 0.5) is 0 Å². The number of hydrogen-bond donors (Lipinski definition) is 2. The van der Waals surface area contributed by atoms with Crippen molar-refractivity contribution >= 4 is 0 Å². The monoisotopic (exact) mass is 246 g/mol. The number of aromatic amines is 1. The summed E-state index contributed by atoms with van der Waals surface area (Å²) in [5.41, 5.74) is 1.66. The number of benzene rings is 1. The Morgan fingerprint density at radius 3 is 2.50 bits per heavy atom. The Bertz CT molecular complexity index is 553. The maximum atomic E-state index is 9.98. The Hall–Kier alpha value is -1.81. The third kappa shape index (κ3) is 2.24. The van der Waals surface area contributed by atoms with Crippen molar-refractivity contribution in [2.45, 2.75) is 26.4 Å². The van der Waals surface area contributed by atoms with Gasteiger partial charge in [0.25, 0.3) is 0 Å². The molecular formula is C14H18N2O2. The van der Waals surface area contributed by atoms with Crippen LogP contribution in [0.2, 0.25) is 0 Å². The summed E-state index contributed by atoms with van der Waals surface area (Å²) in [7, 11) is 1.64. The summed E-state index contributed by atoms with van der Waals surface area (Å²) in [6.45, 7) is 5.35. The third-order valence-electron chi connectivity index (χ3n) is 2.83. The first kappa shape index (κ1) is 12.6. The number of aliphatic hydroxyl groups is 1. The number of ether oxygens (including phenoxy) is 1. The highest BCUT2D eigenvalue weighted by Gasteiger charge is 2.23. The van der Waals surface area contributed by atoms with E-state index in [4.69, 9.17) is 4.74 Å². The molecule has 18 heavy (non-hydrogen) atoms. The molecule has 2 N–H and O–H groups in total. The van der Waals surface area contributed by atoms with Gasteiger partial charge in [0.2, 0.25) is 0 Å². The van der Waals surface area contributed by atoms with E-state index in [2.05, 4.69) is 9.97 Å². The van der Waals surface area contributed by atoms with E-state index < -0.39 is 5.60 Å². The minimum atomic E-state index is -0.981. The van der Waals surface area contributed by atoms with E-state index in [1.54, 1.807) is 21.0 Å². The van der Waals surface area contributed by atoms with E-state index in [0.29, 0.717) is 5.82 Å². The fourth-order valence-corrected chi connectivity index (χ4v) is 1.85. The lowest BCUT2D eigenvalue weighted by molar-refractivity contribution is 0.0696. The zero-order valence-electron chi connectivity index (χ0n) is 11.1. The molecule has 0 bridgehead atoms. The van der Waals surface area contributed by atoms with Crippen molar-refractivity contribution in [3.05, 3.63) is 35.8 Å². The standard InChI is InChI=1S/C14H18N2O2/c1-9-12(16-13(15-9)14(2,3)17)10-7-5-6-8-11(10)18-4/h5-8,17H,1-4H3,(H,15,16). The molecule has 0 aliphatic rings. The van der Waals surface area contributed by atoms with E-state index in [1.807, 2.05) is 31.2 Å². The van der Waals surface area contributed by atoms with E-state index in [0.717, 1.165) is 22.7 Å². The van der Waals surface area contributed by atoms with Gasteiger partial charge in [-0.05, 0) is 32.9 Å². The third-order valence-corrected chi connectivity index (χ3v) is 2.83. The fourth-order valence-electron chi connectivity index (χ4n) is 1.85. The van der Waals surface area contributed by atoms with Gasteiger partial charge in [-0.3, -0.25) is 0 Å². The number of aromatic nitrogens is 2. The predicted octanol–water partition coefficient (Wildman–Crippen LogP) is 2.62. The molecule has 4 nitrogen and oxygen atoms in total. The average molecular weight is 246 g/mol. The number of rotatable bonds is 3. The van der Waals surface area contributed by atoms with Crippen LogP contribution < -0.4 is 4.74 Å². The highest BCUT2D eigenvalue weighted by Crippen LogP contribution is 2.31. The van der Waals surface area contributed by atoms with E-state index in [-0.39, 0.29) is 0 Å². The first-order valence-corrected chi connectivity index (χ1v) is 5.86. The maximum Gasteiger partial charge on any atom is 0.138 e. The van der Waals surface area contributed by atoms with Crippen molar-refractivity contribution < 1.29 is 9.84 Å². The molecular weight excluding hydrogens is 228 g/mol. The number of hydrogen-bond acceptors (Lipinski definition) is 3. The quantitative estimate of drug-likeness (QED) is 0.875. The largest absolute Gasteiger partial charge is 0.496 e. The molecule has 1 aromatic heterocycles. The van der Waals surface area contributed by atoms with Crippen LogP contribution in [0.3, 0.4) is 0 Å². The van der Waals surface area contributed by atoms with Crippen molar-refractivity contribution in [3.8, 4) is 17.0 Å². The predicted molar refractivity (Wildman–Crippen MR) is 70.6 cm³/mol. The SMILES string of the molecule is COc1ccccc1-c1nc(C(C)(C)O)[nH]c1C. The highest BCUT2D eigenvalue weighted by molar-refractivity contribution is 5.69. The Morgan fingerprint density at radius 2 is 1.94 bits per heavy atom. The molecule has 0 amide bonds. The number of nitrogens with one attached hydrogen (secondary N) is 1. The zero-order chi connectivity index (χ0) is 13.3. The maximum absolute atomic E-state index is 9.98. The topological polar surface area (TPSA) is 58.1 Å². The molecule has 0 aliphatic heterocycles. The Balaban J connectivity index is 2.55. The van der Waals surface area contributed by atoms with Gasteiger partial charge < -0.3 is 14.8 Å². The molecule has 0 spiro atoms. The summed E-state index contributed by atoms with van der Waals surface area (Å²) in [6, 6.07) is 7.71. The van der Waals surface area contributed by atoms with Crippen molar-refractivity contribution in [1.29, 1.82) is 0 Å². The average Bonchev–Trinajstić information content (AvgIpc) is 2.71. The second-order valence-corrected chi connectivity index (χ2v) is 4.82. The van der Waals surface area contributed by atoms with Crippen LogP contribution in [-0.4, -0.2) is 22.2 Å². The summed E-state index contributed by atoms with van der Waals surface area (Å²) in [6.07, 6.45) is 0. The van der Waals surface area contributed by atoms with Crippen molar-refractivity contribution in [3.63, 3.8) is 0 Å². The molecule has 2 rings (SSSR count). The minimum Gasteiger partial charge on any atom is -0.496 e. The molecule has 0 unspecified atom stereocenters. The Morgan fingerprint density at radius 1 is 1.28 bits per heavy atom. The zero-order valence-corrected chi connectivity index (χ0v) is 11.1. The van der Waals surface area contributed by atoms with Gasteiger partial charge in [-0.1, -0.05) is 12.1 Å². The molecule has 0 radical (unpaired) electrons. The molecule has 0 saturated carbocycles. The molecule has 96 valence electrons. The van der Waals surface area contributed by atoms with Gasteiger partial charge in [-0.2, -0.15) is 0 Å². The molecule has 1 heterocycles. The van der Waals surface area contributed by atoms with Crippen LogP contribution in [0.25, 0.3) is 11.3 Å². The summed E-state index contributed by atoms with van der Waals surface area (Å²) < 4.78 is 5.33. The van der Waals surface area contributed by atoms with E-state index in [9.17, 15) is 5.11 Å². The van der Waals surface area contributed by atoms with Gasteiger partial charge in [0, 0.05) is 11.3 Å². The van der Waals surface area contributed by atoms with Crippen LogP contribution in [-0.2, 0) is 5.60 Å². The van der Waals surface area contributed by atoms with Gasteiger partial charge in [0.15, 0.2) is 0 Å². The van der Waals surface area contributed by atoms with E-state index >= 15 is 0 Å². The molecule has 0 fully saturated rings. The Labute approximate surface area is 107 Å². The first-order valence-electron chi connectivity index (χ1n) is 5.86. The van der Waals surface area contributed by atoms with Gasteiger partial charge in [-0.25, -0.2) is 4.98 Å². The molecule has 2 aromatic rings. The normalized spacial score (nSPS) is 11.6. The van der Waals surface area contributed by atoms with Crippen LogP contribution >= 0.6 is 0 Å². The van der Waals surface area contributed by atoms with Crippen molar-refractivity contribution in [2.24, 2.45) is 0 Å². The molecule has 0 saturated heterocycles. The Kier molecular flexibility index (Phi) is 3.13. The first-order chi connectivity index (χ1) is 8.43. The van der Waals surface area contributed by atoms with Gasteiger partial charge in [-0.15, -0.1) is 0 Å². The summed E-state index contributed by atoms with van der Waals surface area (Å²) >= 11 is 0. The van der Waals surface area contributed by atoms with Gasteiger partial charge in [0.1, 0.15) is 17.2 Å². The fraction of sp³-hybridized carbons (Fsp3) is 0.357. The van der Waals surface area contributed by atoms with Crippen molar-refractivity contribution in [2.75, 3.05) is 7.11 Å². The lowest BCUT2D eigenvalue weighted by atomic mass is 10.1. The van der Waals surface area contributed by atoms with E-state index in [1.165, 1.54) is 0 Å². The van der Waals surface area contributed by atoms with Crippen molar-refractivity contribution in [1.82, 2.24) is 9.97 Å². The van der Waals surface area contributed by atoms with Crippen LogP contribution in [0.5, 0.6) is 5.75 Å². The van der Waals surface area contributed by atoms with Gasteiger partial charge >= 0.3 is 0 Å². The van der Waals surface area contributed by atoms with Gasteiger partial charge in [0.05, 0.1) is 12.8 Å².